The second-order valence-electron chi connectivity index (χ2n) is 6.43. The SMILES string of the molecule is C[C@H]1C[C@H](NCc2ccc(CO)o2)CCN1Cc1ccccc1. The molecule has 23 heavy (non-hydrogen) atoms. The summed E-state index contributed by atoms with van der Waals surface area (Å²) in [6, 6.07) is 15.6. The molecule has 0 radical (unpaired) electrons. The van der Waals surface area contributed by atoms with Crippen molar-refractivity contribution in [1.82, 2.24) is 10.2 Å². The number of furan rings is 1. The molecule has 0 bridgehead atoms. The first kappa shape index (κ1) is 16.2. The fraction of sp³-hybridized carbons (Fsp3) is 0.474. The topological polar surface area (TPSA) is 48.6 Å². The van der Waals surface area contributed by atoms with E-state index in [2.05, 4.69) is 47.5 Å². The highest BCUT2D eigenvalue weighted by atomic mass is 16.4. The van der Waals surface area contributed by atoms with Crippen LogP contribution in [0.3, 0.4) is 0 Å². The van der Waals surface area contributed by atoms with E-state index < -0.39 is 0 Å². The highest BCUT2D eigenvalue weighted by Crippen LogP contribution is 2.20. The van der Waals surface area contributed by atoms with E-state index in [-0.39, 0.29) is 6.61 Å². The van der Waals surface area contributed by atoms with Crippen LogP contribution in [0.15, 0.2) is 46.9 Å². The summed E-state index contributed by atoms with van der Waals surface area (Å²) in [7, 11) is 0. The maximum Gasteiger partial charge on any atom is 0.129 e. The number of nitrogens with zero attached hydrogens (tertiary/aromatic N) is 1. The molecule has 0 amide bonds. The molecule has 0 unspecified atom stereocenters. The van der Waals surface area contributed by atoms with Gasteiger partial charge in [0.2, 0.25) is 0 Å². The Kier molecular flexibility index (Phi) is 5.49. The summed E-state index contributed by atoms with van der Waals surface area (Å²) in [5.74, 6) is 1.53. The molecule has 3 rings (SSSR count). The van der Waals surface area contributed by atoms with Gasteiger partial charge in [-0.05, 0) is 37.5 Å². The van der Waals surface area contributed by atoms with Crippen LogP contribution in [-0.2, 0) is 19.7 Å². The first-order chi connectivity index (χ1) is 11.2. The molecule has 1 aromatic heterocycles. The summed E-state index contributed by atoms with van der Waals surface area (Å²) in [5, 5.41) is 12.6. The maximum absolute atomic E-state index is 9.03. The minimum absolute atomic E-state index is 0.0328. The van der Waals surface area contributed by atoms with Crippen LogP contribution in [0.5, 0.6) is 0 Å². The van der Waals surface area contributed by atoms with E-state index in [0.29, 0.717) is 17.8 Å². The molecule has 1 aliphatic rings. The van der Waals surface area contributed by atoms with Gasteiger partial charge in [0.1, 0.15) is 18.1 Å². The number of likely N-dealkylation sites (tertiary alicyclic amines) is 1. The lowest BCUT2D eigenvalue weighted by Gasteiger charge is -2.38. The quantitative estimate of drug-likeness (QED) is 0.861. The Bertz CT molecular complexity index is 596. The van der Waals surface area contributed by atoms with Crippen LogP contribution in [0.2, 0.25) is 0 Å². The van der Waals surface area contributed by atoms with Crippen molar-refractivity contribution in [2.24, 2.45) is 0 Å². The third-order valence-corrected chi connectivity index (χ3v) is 4.68. The molecule has 2 aromatic rings. The number of piperidine rings is 1. The van der Waals surface area contributed by atoms with Crippen molar-refractivity contribution in [3.63, 3.8) is 0 Å². The molecule has 1 fully saturated rings. The standard InChI is InChI=1S/C19H26N2O2/c1-15-11-17(20-12-18-7-8-19(14-22)23-18)9-10-21(15)13-16-5-3-2-4-6-16/h2-8,15,17,20,22H,9-14H2,1H3/t15-,17+/m0/s1. The monoisotopic (exact) mass is 314 g/mol. The van der Waals surface area contributed by atoms with Gasteiger partial charge >= 0.3 is 0 Å². The summed E-state index contributed by atoms with van der Waals surface area (Å²) >= 11 is 0. The Morgan fingerprint density at radius 1 is 1.17 bits per heavy atom. The molecule has 2 N–H and O–H groups in total. The van der Waals surface area contributed by atoms with Crippen molar-refractivity contribution in [1.29, 1.82) is 0 Å². The number of rotatable bonds is 6. The van der Waals surface area contributed by atoms with Crippen molar-refractivity contribution in [3.05, 3.63) is 59.5 Å². The van der Waals surface area contributed by atoms with Crippen molar-refractivity contribution in [2.45, 2.75) is 51.5 Å². The van der Waals surface area contributed by atoms with Crippen LogP contribution in [0, 0.1) is 0 Å². The Hall–Kier alpha value is -1.62. The van der Waals surface area contributed by atoms with Crippen LogP contribution >= 0.6 is 0 Å². The van der Waals surface area contributed by atoms with E-state index in [1.54, 1.807) is 0 Å². The molecule has 0 spiro atoms. The molecule has 0 aliphatic carbocycles. The zero-order valence-electron chi connectivity index (χ0n) is 13.7. The first-order valence-corrected chi connectivity index (χ1v) is 8.44. The van der Waals surface area contributed by atoms with E-state index >= 15 is 0 Å². The smallest absolute Gasteiger partial charge is 0.129 e. The highest BCUT2D eigenvalue weighted by molar-refractivity contribution is 5.14. The van der Waals surface area contributed by atoms with Gasteiger partial charge in [-0.15, -0.1) is 0 Å². The van der Waals surface area contributed by atoms with Gasteiger partial charge in [0, 0.05) is 25.2 Å². The average Bonchev–Trinajstić information content (AvgIpc) is 3.04. The maximum atomic E-state index is 9.03. The third kappa shape index (κ3) is 4.44. The number of hydrogen-bond donors (Lipinski definition) is 2. The summed E-state index contributed by atoms with van der Waals surface area (Å²) in [6.45, 7) is 5.17. The van der Waals surface area contributed by atoms with Gasteiger partial charge in [-0.3, -0.25) is 4.90 Å². The first-order valence-electron chi connectivity index (χ1n) is 8.44. The summed E-state index contributed by atoms with van der Waals surface area (Å²) < 4.78 is 5.53. The lowest BCUT2D eigenvalue weighted by molar-refractivity contribution is 0.127. The highest BCUT2D eigenvalue weighted by Gasteiger charge is 2.25. The van der Waals surface area contributed by atoms with E-state index in [4.69, 9.17) is 9.52 Å². The van der Waals surface area contributed by atoms with Crippen molar-refractivity contribution >= 4 is 0 Å². The lowest BCUT2D eigenvalue weighted by atomic mass is 9.97. The molecule has 2 heterocycles. The van der Waals surface area contributed by atoms with E-state index in [0.717, 1.165) is 38.2 Å². The van der Waals surface area contributed by atoms with Gasteiger partial charge in [-0.1, -0.05) is 30.3 Å². The van der Waals surface area contributed by atoms with Crippen molar-refractivity contribution in [2.75, 3.05) is 6.54 Å². The van der Waals surface area contributed by atoms with Gasteiger partial charge < -0.3 is 14.8 Å². The van der Waals surface area contributed by atoms with Crippen LogP contribution in [-0.4, -0.2) is 28.6 Å². The number of aliphatic hydroxyl groups is 1. The molecule has 2 atom stereocenters. The summed E-state index contributed by atoms with van der Waals surface area (Å²) in [6.07, 6.45) is 2.31. The molecule has 4 nitrogen and oxygen atoms in total. The fourth-order valence-electron chi connectivity index (χ4n) is 3.31. The van der Waals surface area contributed by atoms with Crippen molar-refractivity contribution in [3.8, 4) is 0 Å². The Morgan fingerprint density at radius 3 is 2.65 bits per heavy atom. The van der Waals surface area contributed by atoms with Crippen LogP contribution < -0.4 is 5.32 Å². The predicted molar refractivity (Wildman–Crippen MR) is 90.8 cm³/mol. The molecule has 124 valence electrons. The average molecular weight is 314 g/mol. The van der Waals surface area contributed by atoms with Gasteiger partial charge in [-0.25, -0.2) is 0 Å². The molecular weight excluding hydrogens is 288 g/mol. The summed E-state index contributed by atoms with van der Waals surface area (Å²) in [5.41, 5.74) is 1.39. The van der Waals surface area contributed by atoms with E-state index in [1.165, 1.54) is 5.56 Å². The fourth-order valence-corrected chi connectivity index (χ4v) is 3.31. The number of aliphatic hydroxyl groups excluding tert-OH is 1. The van der Waals surface area contributed by atoms with E-state index in [1.807, 2.05) is 12.1 Å². The minimum Gasteiger partial charge on any atom is -0.462 e. The van der Waals surface area contributed by atoms with Gasteiger partial charge in [0.05, 0.1) is 6.54 Å². The molecular formula is C19H26N2O2. The zero-order valence-corrected chi connectivity index (χ0v) is 13.7. The predicted octanol–water partition coefficient (Wildman–Crippen LogP) is 2.91. The molecule has 1 aliphatic heterocycles. The Labute approximate surface area is 138 Å². The largest absolute Gasteiger partial charge is 0.462 e. The van der Waals surface area contributed by atoms with Crippen LogP contribution in [0.25, 0.3) is 0 Å². The minimum atomic E-state index is -0.0328. The number of benzene rings is 1. The van der Waals surface area contributed by atoms with Crippen LogP contribution in [0.1, 0.15) is 36.8 Å². The normalized spacial score (nSPS) is 22.3. The zero-order chi connectivity index (χ0) is 16.1. The summed E-state index contributed by atoms with van der Waals surface area (Å²) in [4.78, 5) is 2.56. The molecule has 1 aromatic carbocycles. The van der Waals surface area contributed by atoms with Crippen molar-refractivity contribution < 1.29 is 9.52 Å². The Balaban J connectivity index is 1.46. The molecule has 0 saturated carbocycles. The second-order valence-corrected chi connectivity index (χ2v) is 6.43. The number of nitrogens with one attached hydrogen (secondary N) is 1. The van der Waals surface area contributed by atoms with Crippen LogP contribution in [0.4, 0.5) is 0 Å². The van der Waals surface area contributed by atoms with Gasteiger partial charge in [0.25, 0.3) is 0 Å². The van der Waals surface area contributed by atoms with Gasteiger partial charge in [0.15, 0.2) is 0 Å². The molecule has 1 saturated heterocycles. The second kappa shape index (κ2) is 7.77. The Morgan fingerprint density at radius 2 is 1.96 bits per heavy atom. The van der Waals surface area contributed by atoms with E-state index in [9.17, 15) is 0 Å². The molecule has 4 heteroatoms. The lowest BCUT2D eigenvalue weighted by Crippen LogP contribution is -2.46. The number of hydrogen-bond acceptors (Lipinski definition) is 4. The van der Waals surface area contributed by atoms with Gasteiger partial charge in [-0.2, -0.15) is 0 Å². The third-order valence-electron chi connectivity index (χ3n) is 4.68.